The number of nitrogens with zero attached hydrogens (tertiary/aromatic N) is 2. The molecule has 2 amide bonds. The van der Waals surface area contributed by atoms with Gasteiger partial charge in [0.05, 0.1) is 0 Å². The van der Waals surface area contributed by atoms with Crippen molar-refractivity contribution in [3.8, 4) is 0 Å². The molecule has 0 aliphatic carbocycles. The van der Waals surface area contributed by atoms with Crippen molar-refractivity contribution < 1.29 is 9.59 Å². The van der Waals surface area contributed by atoms with Gasteiger partial charge in [-0.15, -0.1) is 0 Å². The number of thioether (sulfide) groups is 1. The predicted molar refractivity (Wildman–Crippen MR) is 93.8 cm³/mol. The molecule has 0 unspecified atom stereocenters. The molecule has 1 atom stereocenters. The van der Waals surface area contributed by atoms with Crippen LogP contribution in [0.5, 0.6) is 0 Å². The molecule has 5 nitrogen and oxygen atoms in total. The van der Waals surface area contributed by atoms with Crippen molar-refractivity contribution in [2.24, 2.45) is 4.99 Å². The molecule has 1 aromatic rings. The van der Waals surface area contributed by atoms with E-state index >= 15 is 0 Å². The lowest BCUT2D eigenvalue weighted by Crippen LogP contribution is -2.25. The summed E-state index contributed by atoms with van der Waals surface area (Å²) in [5.74, 6) is -0.320. The van der Waals surface area contributed by atoms with Gasteiger partial charge in [-0.2, -0.15) is 4.99 Å². The summed E-state index contributed by atoms with van der Waals surface area (Å²) in [6.45, 7) is 5.85. The number of hydrogen-bond donors (Lipinski definition) is 1. The second kappa shape index (κ2) is 6.74. The van der Waals surface area contributed by atoms with Gasteiger partial charge in [-0.25, -0.2) is 0 Å². The van der Waals surface area contributed by atoms with Gasteiger partial charge in [0.25, 0.3) is 5.91 Å². The molecule has 1 aromatic carbocycles. The highest BCUT2D eigenvalue weighted by Crippen LogP contribution is 2.29. The van der Waals surface area contributed by atoms with Gasteiger partial charge in [0.1, 0.15) is 5.25 Å². The first kappa shape index (κ1) is 16.1. The van der Waals surface area contributed by atoms with Crippen LogP contribution < -0.4 is 5.32 Å². The van der Waals surface area contributed by atoms with Gasteiger partial charge in [0.2, 0.25) is 5.91 Å². The Hall–Kier alpha value is -1.82. The molecule has 1 N–H and O–H groups in total. The fourth-order valence-corrected chi connectivity index (χ4v) is 4.04. The Bertz CT molecular complexity index is 646. The Morgan fingerprint density at radius 3 is 2.61 bits per heavy atom. The zero-order chi connectivity index (χ0) is 16.4. The van der Waals surface area contributed by atoms with Gasteiger partial charge in [-0.1, -0.05) is 30.0 Å². The maximum atomic E-state index is 12.3. The summed E-state index contributed by atoms with van der Waals surface area (Å²) >= 11 is 1.43. The first-order valence-corrected chi connectivity index (χ1v) is 8.83. The van der Waals surface area contributed by atoms with E-state index in [1.54, 1.807) is 0 Å². The average molecular weight is 331 g/mol. The predicted octanol–water partition coefficient (Wildman–Crippen LogP) is 2.73. The number of aryl methyl sites for hydroxylation is 2. The maximum Gasteiger partial charge on any atom is 0.262 e. The molecule has 2 aliphatic rings. The maximum absolute atomic E-state index is 12.3. The molecule has 0 bridgehead atoms. The third kappa shape index (κ3) is 3.58. The summed E-state index contributed by atoms with van der Waals surface area (Å²) in [6, 6.07) is 5.90. The quantitative estimate of drug-likeness (QED) is 0.925. The fourth-order valence-electron chi connectivity index (χ4n) is 2.92. The van der Waals surface area contributed by atoms with Crippen LogP contribution in [0.1, 0.15) is 30.4 Å². The summed E-state index contributed by atoms with van der Waals surface area (Å²) in [6.07, 6.45) is 2.45. The second-order valence-corrected chi connectivity index (χ2v) is 7.22. The zero-order valence-corrected chi connectivity index (χ0v) is 14.3. The van der Waals surface area contributed by atoms with Gasteiger partial charge in [0, 0.05) is 25.2 Å². The van der Waals surface area contributed by atoms with E-state index in [0.29, 0.717) is 0 Å². The van der Waals surface area contributed by atoms with E-state index in [4.69, 9.17) is 0 Å². The van der Waals surface area contributed by atoms with Gasteiger partial charge < -0.3 is 10.2 Å². The van der Waals surface area contributed by atoms with E-state index in [-0.39, 0.29) is 18.2 Å². The number of para-hydroxylation sites is 1. The summed E-state index contributed by atoms with van der Waals surface area (Å²) < 4.78 is 0. The highest BCUT2D eigenvalue weighted by Gasteiger charge is 2.33. The van der Waals surface area contributed by atoms with Crippen LogP contribution in [0.15, 0.2) is 23.2 Å². The van der Waals surface area contributed by atoms with Crippen LogP contribution >= 0.6 is 11.8 Å². The number of amides is 2. The topological polar surface area (TPSA) is 61.8 Å². The molecule has 2 aliphatic heterocycles. The molecule has 0 radical (unpaired) electrons. The van der Waals surface area contributed by atoms with Gasteiger partial charge in [-0.3, -0.25) is 9.59 Å². The average Bonchev–Trinajstić information content (AvgIpc) is 3.14. The van der Waals surface area contributed by atoms with Gasteiger partial charge >= 0.3 is 0 Å². The number of nitrogens with one attached hydrogen (secondary N) is 1. The summed E-state index contributed by atoms with van der Waals surface area (Å²) in [7, 11) is 0. The summed E-state index contributed by atoms with van der Waals surface area (Å²) in [5.41, 5.74) is 2.89. The number of aliphatic imine (C=N–C) groups is 1. The normalized spacial score (nSPS) is 20.8. The standard InChI is InChI=1S/C17H21N3O2S/c1-11-6-5-7-12(2)15(11)18-14(21)10-13-16(22)19-17(23-13)20-8-3-4-9-20/h5-7,13H,3-4,8-10H2,1-2H3,(H,18,21)/t13-/m0/s1. The number of hydrogen-bond acceptors (Lipinski definition) is 4. The first-order valence-electron chi connectivity index (χ1n) is 7.95. The Morgan fingerprint density at radius 2 is 1.96 bits per heavy atom. The molecule has 0 aromatic heterocycles. The smallest absolute Gasteiger partial charge is 0.262 e. The number of likely N-dealkylation sites (tertiary alicyclic amines) is 1. The van der Waals surface area contributed by atoms with Crippen molar-refractivity contribution in [2.45, 2.75) is 38.4 Å². The van der Waals surface area contributed by atoms with E-state index in [2.05, 4.69) is 15.2 Å². The molecule has 0 spiro atoms. The van der Waals surface area contributed by atoms with Crippen molar-refractivity contribution in [2.75, 3.05) is 18.4 Å². The van der Waals surface area contributed by atoms with Crippen LogP contribution in [0.3, 0.4) is 0 Å². The number of anilines is 1. The Morgan fingerprint density at radius 1 is 1.30 bits per heavy atom. The van der Waals surface area contributed by atoms with Gasteiger partial charge in [0.15, 0.2) is 5.17 Å². The van der Waals surface area contributed by atoms with Crippen LogP contribution in [0.4, 0.5) is 5.69 Å². The van der Waals surface area contributed by atoms with Crippen LogP contribution in [-0.2, 0) is 9.59 Å². The van der Waals surface area contributed by atoms with E-state index in [9.17, 15) is 9.59 Å². The van der Waals surface area contributed by atoms with E-state index in [0.717, 1.165) is 47.9 Å². The summed E-state index contributed by atoms with van der Waals surface area (Å²) in [4.78, 5) is 30.6. The van der Waals surface area contributed by atoms with Crippen molar-refractivity contribution in [1.82, 2.24) is 4.90 Å². The minimum absolute atomic E-state index is 0.133. The molecular formula is C17H21N3O2S. The Labute approximate surface area is 140 Å². The van der Waals surface area contributed by atoms with Crippen LogP contribution in [0.25, 0.3) is 0 Å². The van der Waals surface area contributed by atoms with E-state index < -0.39 is 5.25 Å². The third-order valence-corrected chi connectivity index (χ3v) is 5.43. The minimum Gasteiger partial charge on any atom is -0.351 e. The van der Waals surface area contributed by atoms with Crippen molar-refractivity contribution in [3.63, 3.8) is 0 Å². The van der Waals surface area contributed by atoms with Crippen LogP contribution in [-0.4, -0.2) is 40.2 Å². The SMILES string of the molecule is Cc1cccc(C)c1NC(=O)C[C@@H]1SC(N2CCCC2)=NC1=O. The van der Waals surface area contributed by atoms with E-state index in [1.807, 2.05) is 32.0 Å². The molecule has 1 fully saturated rings. The summed E-state index contributed by atoms with van der Waals surface area (Å²) in [5, 5.41) is 3.34. The first-order chi connectivity index (χ1) is 11.0. The van der Waals surface area contributed by atoms with Crippen LogP contribution in [0, 0.1) is 13.8 Å². The zero-order valence-electron chi connectivity index (χ0n) is 13.5. The molecule has 6 heteroatoms. The molecule has 2 heterocycles. The fraction of sp³-hybridized carbons (Fsp3) is 0.471. The number of rotatable bonds is 3. The Kier molecular flexibility index (Phi) is 4.71. The monoisotopic (exact) mass is 331 g/mol. The van der Waals surface area contributed by atoms with Crippen molar-refractivity contribution >= 4 is 34.4 Å². The highest BCUT2D eigenvalue weighted by molar-refractivity contribution is 8.15. The number of carbonyl (C=O) groups is 2. The third-order valence-electron chi connectivity index (χ3n) is 4.22. The molecular weight excluding hydrogens is 310 g/mol. The number of carbonyl (C=O) groups excluding carboxylic acids is 2. The molecule has 0 saturated carbocycles. The molecule has 3 rings (SSSR count). The van der Waals surface area contributed by atoms with E-state index in [1.165, 1.54) is 11.8 Å². The lowest BCUT2D eigenvalue weighted by molar-refractivity contribution is -0.121. The van der Waals surface area contributed by atoms with Crippen molar-refractivity contribution in [1.29, 1.82) is 0 Å². The molecule has 122 valence electrons. The lowest BCUT2D eigenvalue weighted by atomic mass is 10.1. The largest absolute Gasteiger partial charge is 0.351 e. The molecule has 23 heavy (non-hydrogen) atoms. The minimum atomic E-state index is -0.394. The van der Waals surface area contributed by atoms with Gasteiger partial charge in [-0.05, 0) is 37.8 Å². The second-order valence-electron chi connectivity index (χ2n) is 6.05. The number of benzene rings is 1. The highest BCUT2D eigenvalue weighted by atomic mass is 32.2. The Balaban J connectivity index is 1.60. The lowest BCUT2D eigenvalue weighted by Gasteiger charge is -2.16. The molecule has 1 saturated heterocycles. The number of amidine groups is 1. The van der Waals surface area contributed by atoms with Crippen molar-refractivity contribution in [3.05, 3.63) is 29.3 Å². The van der Waals surface area contributed by atoms with Crippen LogP contribution in [0.2, 0.25) is 0 Å².